The highest BCUT2D eigenvalue weighted by atomic mass is 32.2. The Morgan fingerprint density at radius 3 is 2.55 bits per heavy atom. The zero-order valence-electron chi connectivity index (χ0n) is 10.3. The summed E-state index contributed by atoms with van der Waals surface area (Å²) in [7, 11) is 0. The van der Waals surface area contributed by atoms with Crippen LogP contribution in [-0.2, 0) is 0 Å². The molecule has 7 heteroatoms. The molecule has 1 aliphatic heterocycles. The molecule has 5 nitrogen and oxygen atoms in total. The molecule has 0 aromatic heterocycles. The Hall–Kier alpha value is -1.22. The molecule has 0 bridgehead atoms. The average molecular weight is 308 g/mol. The Balaban J connectivity index is 2.19. The first kappa shape index (κ1) is 15.2. The molecular formula is C13H12N2O3S2. The van der Waals surface area contributed by atoms with E-state index in [1.165, 1.54) is 29.6 Å². The second-order valence-corrected chi connectivity index (χ2v) is 6.96. The fraction of sp³-hybridized carbons (Fsp3) is 0.385. The van der Waals surface area contributed by atoms with E-state index in [0.717, 1.165) is 0 Å². The maximum atomic E-state index is 9.95. The lowest BCUT2D eigenvalue weighted by Crippen LogP contribution is -2.47. The van der Waals surface area contributed by atoms with E-state index in [9.17, 15) is 15.3 Å². The van der Waals surface area contributed by atoms with Crippen LogP contribution in [0.4, 0.5) is 0 Å². The highest BCUT2D eigenvalue weighted by Gasteiger charge is 2.37. The second kappa shape index (κ2) is 6.49. The number of rotatable bonds is 2. The summed E-state index contributed by atoms with van der Waals surface area (Å²) in [6, 6.07) is 8.74. The maximum Gasteiger partial charge on any atom is 0.108 e. The third kappa shape index (κ3) is 3.09. The number of benzene rings is 1. The number of thioether (sulfide) groups is 2. The van der Waals surface area contributed by atoms with Crippen molar-refractivity contribution < 1.29 is 15.3 Å². The van der Waals surface area contributed by atoms with Gasteiger partial charge < -0.3 is 15.3 Å². The topological polar surface area (TPSA) is 108 Å². The molecule has 0 unspecified atom stereocenters. The van der Waals surface area contributed by atoms with Gasteiger partial charge in [-0.3, -0.25) is 0 Å². The van der Waals surface area contributed by atoms with Crippen LogP contribution in [0.25, 0.3) is 0 Å². The zero-order valence-corrected chi connectivity index (χ0v) is 11.9. The van der Waals surface area contributed by atoms with Gasteiger partial charge in [-0.25, -0.2) is 0 Å². The molecule has 0 radical (unpaired) electrons. The standard InChI is InChI=1S/C13H12N2O3S2/c14-4-7-1-2-10(8(3-7)5-15)20-13-12(18)11(17)9(16)6-19-13/h1-3,9,11-13,16-18H,6H2/t9-,11+,12-,13+/m1/s1. The lowest BCUT2D eigenvalue weighted by molar-refractivity contribution is -0.0474. The van der Waals surface area contributed by atoms with Gasteiger partial charge >= 0.3 is 0 Å². The number of hydrogen-bond donors (Lipinski definition) is 3. The van der Waals surface area contributed by atoms with Gasteiger partial charge in [-0.15, -0.1) is 23.5 Å². The molecule has 1 fully saturated rings. The summed E-state index contributed by atoms with van der Waals surface area (Å²) in [5, 5.41) is 47.0. The minimum atomic E-state index is -1.18. The molecule has 1 aromatic rings. The highest BCUT2D eigenvalue weighted by Crippen LogP contribution is 2.39. The first-order valence-corrected chi connectivity index (χ1v) is 7.76. The van der Waals surface area contributed by atoms with E-state index < -0.39 is 18.3 Å². The third-order valence-electron chi connectivity index (χ3n) is 2.93. The van der Waals surface area contributed by atoms with Crippen LogP contribution in [0.15, 0.2) is 23.1 Å². The monoisotopic (exact) mass is 308 g/mol. The number of nitriles is 2. The van der Waals surface area contributed by atoms with Crippen LogP contribution in [0.5, 0.6) is 0 Å². The summed E-state index contributed by atoms with van der Waals surface area (Å²) in [6.45, 7) is 0. The molecule has 0 spiro atoms. The summed E-state index contributed by atoms with van der Waals surface area (Å²) in [6.07, 6.45) is -3.20. The molecule has 1 aromatic carbocycles. The zero-order chi connectivity index (χ0) is 14.7. The molecule has 3 N–H and O–H groups in total. The first-order chi connectivity index (χ1) is 9.56. The van der Waals surface area contributed by atoms with Crippen molar-refractivity contribution in [3.63, 3.8) is 0 Å². The van der Waals surface area contributed by atoms with Crippen molar-refractivity contribution >= 4 is 23.5 Å². The van der Waals surface area contributed by atoms with Gasteiger partial charge in [-0.05, 0) is 18.2 Å². The fourth-order valence-corrected chi connectivity index (χ4v) is 4.49. The molecule has 104 valence electrons. The fourth-order valence-electron chi connectivity index (χ4n) is 1.80. The minimum absolute atomic E-state index is 0.327. The van der Waals surface area contributed by atoms with E-state index in [-0.39, 0.29) is 4.58 Å². The summed E-state index contributed by atoms with van der Waals surface area (Å²) >= 11 is 2.59. The van der Waals surface area contributed by atoms with Crippen molar-refractivity contribution in [2.75, 3.05) is 5.75 Å². The number of nitrogens with zero attached hydrogens (tertiary/aromatic N) is 2. The van der Waals surface area contributed by atoms with Crippen molar-refractivity contribution in [3.8, 4) is 12.1 Å². The van der Waals surface area contributed by atoms with Gasteiger partial charge in [0.15, 0.2) is 0 Å². The Morgan fingerprint density at radius 2 is 1.90 bits per heavy atom. The number of aliphatic hydroxyl groups excluding tert-OH is 3. The lowest BCUT2D eigenvalue weighted by Gasteiger charge is -2.34. The molecule has 4 atom stereocenters. The van der Waals surface area contributed by atoms with E-state index in [1.807, 2.05) is 12.1 Å². The predicted octanol–water partition coefficient (Wildman–Crippen LogP) is 0.678. The van der Waals surface area contributed by atoms with Crippen molar-refractivity contribution in [2.45, 2.75) is 27.8 Å². The molecule has 0 amide bonds. The Morgan fingerprint density at radius 1 is 1.15 bits per heavy atom. The molecule has 1 aliphatic rings. The van der Waals surface area contributed by atoms with Gasteiger partial charge in [0, 0.05) is 10.6 Å². The summed E-state index contributed by atoms with van der Waals surface area (Å²) < 4.78 is -0.367. The molecular weight excluding hydrogens is 296 g/mol. The van der Waals surface area contributed by atoms with E-state index >= 15 is 0 Å². The van der Waals surface area contributed by atoms with Gasteiger partial charge in [-0.2, -0.15) is 10.5 Å². The van der Waals surface area contributed by atoms with Crippen LogP contribution in [-0.4, -0.2) is 44.0 Å². The Labute approximate surface area is 124 Å². The summed E-state index contributed by atoms with van der Waals surface area (Å²) in [5.74, 6) is 0.327. The first-order valence-electron chi connectivity index (χ1n) is 5.83. The van der Waals surface area contributed by atoms with E-state index in [2.05, 4.69) is 0 Å². The Bertz CT molecular complexity index is 582. The lowest BCUT2D eigenvalue weighted by atomic mass is 10.1. The van der Waals surface area contributed by atoms with Gasteiger partial charge in [0.1, 0.15) is 18.3 Å². The van der Waals surface area contributed by atoms with Gasteiger partial charge in [0.2, 0.25) is 0 Å². The summed E-state index contributed by atoms with van der Waals surface area (Å²) in [4.78, 5) is 0.645. The van der Waals surface area contributed by atoms with Crippen LogP contribution in [0, 0.1) is 22.7 Å². The van der Waals surface area contributed by atoms with Crippen LogP contribution in [0.2, 0.25) is 0 Å². The van der Waals surface area contributed by atoms with Gasteiger partial charge in [0.25, 0.3) is 0 Å². The normalized spacial score (nSPS) is 29.4. The van der Waals surface area contributed by atoms with E-state index in [4.69, 9.17) is 10.5 Å². The minimum Gasteiger partial charge on any atom is -0.389 e. The predicted molar refractivity (Wildman–Crippen MR) is 76.0 cm³/mol. The average Bonchev–Trinajstić information content (AvgIpc) is 2.48. The van der Waals surface area contributed by atoms with Crippen LogP contribution >= 0.6 is 23.5 Å². The van der Waals surface area contributed by atoms with Crippen LogP contribution in [0.3, 0.4) is 0 Å². The molecule has 0 aliphatic carbocycles. The molecule has 1 saturated heterocycles. The number of aliphatic hydroxyl groups is 3. The molecule has 0 saturated carbocycles. The van der Waals surface area contributed by atoms with Crippen LogP contribution < -0.4 is 0 Å². The second-order valence-electron chi connectivity index (χ2n) is 4.30. The molecule has 20 heavy (non-hydrogen) atoms. The van der Waals surface area contributed by atoms with Crippen molar-refractivity contribution in [1.82, 2.24) is 0 Å². The van der Waals surface area contributed by atoms with Gasteiger partial charge in [-0.1, -0.05) is 0 Å². The SMILES string of the molecule is N#Cc1ccc(S[C@@H]2SC[C@@H](O)[C@H](O)[C@H]2O)c(C#N)c1. The smallest absolute Gasteiger partial charge is 0.108 e. The van der Waals surface area contributed by atoms with E-state index in [0.29, 0.717) is 21.8 Å². The van der Waals surface area contributed by atoms with E-state index in [1.54, 1.807) is 12.1 Å². The number of hydrogen-bond acceptors (Lipinski definition) is 7. The quantitative estimate of drug-likeness (QED) is 0.737. The molecule has 1 heterocycles. The third-order valence-corrected chi connectivity index (χ3v) is 5.89. The molecule has 2 rings (SSSR count). The Kier molecular flexibility index (Phi) is 4.92. The van der Waals surface area contributed by atoms with Gasteiger partial charge in [0.05, 0.1) is 27.9 Å². The largest absolute Gasteiger partial charge is 0.389 e. The highest BCUT2D eigenvalue weighted by molar-refractivity contribution is 8.17. The van der Waals surface area contributed by atoms with Crippen molar-refractivity contribution in [3.05, 3.63) is 29.3 Å². The maximum absolute atomic E-state index is 9.95. The van der Waals surface area contributed by atoms with Crippen LogP contribution in [0.1, 0.15) is 11.1 Å². The van der Waals surface area contributed by atoms with Crippen molar-refractivity contribution in [2.24, 2.45) is 0 Å². The summed E-state index contributed by atoms with van der Waals surface area (Å²) in [5.41, 5.74) is 0.765. The van der Waals surface area contributed by atoms with Crippen molar-refractivity contribution in [1.29, 1.82) is 10.5 Å².